The van der Waals surface area contributed by atoms with Gasteiger partial charge in [0, 0.05) is 21.5 Å². The first kappa shape index (κ1) is 18.0. The molecular formula is C19H13BrClNO2S. The number of furan rings is 1. The van der Waals surface area contributed by atoms with Crippen LogP contribution >= 0.6 is 39.3 Å². The summed E-state index contributed by atoms with van der Waals surface area (Å²) in [5.41, 5.74) is 1.42. The van der Waals surface area contributed by atoms with Crippen LogP contribution in [-0.4, -0.2) is 12.0 Å². The SMILES string of the molecule is CC(=O)c1ccc(N=Cc2cc(Br)c(Sc3ccc(Cl)cc3)o2)cc1. The van der Waals surface area contributed by atoms with Gasteiger partial charge in [0.15, 0.2) is 10.9 Å². The maximum Gasteiger partial charge on any atom is 0.179 e. The molecule has 1 heterocycles. The van der Waals surface area contributed by atoms with Crippen LogP contribution in [0.1, 0.15) is 23.0 Å². The van der Waals surface area contributed by atoms with Gasteiger partial charge in [-0.15, -0.1) is 0 Å². The Balaban J connectivity index is 1.73. The lowest BCUT2D eigenvalue weighted by atomic mass is 10.1. The highest BCUT2D eigenvalue weighted by Gasteiger charge is 2.09. The van der Waals surface area contributed by atoms with Crippen LogP contribution in [-0.2, 0) is 0 Å². The molecule has 0 aliphatic carbocycles. The molecular weight excluding hydrogens is 422 g/mol. The number of aliphatic imine (C=N–C) groups is 1. The number of benzene rings is 2. The number of nitrogens with zero attached hydrogens (tertiary/aromatic N) is 1. The molecule has 0 aliphatic heterocycles. The molecule has 0 aliphatic rings. The molecule has 2 aromatic carbocycles. The zero-order valence-corrected chi connectivity index (χ0v) is 16.4. The van der Waals surface area contributed by atoms with E-state index in [-0.39, 0.29) is 5.78 Å². The van der Waals surface area contributed by atoms with Gasteiger partial charge < -0.3 is 4.42 Å². The van der Waals surface area contributed by atoms with E-state index in [2.05, 4.69) is 20.9 Å². The highest BCUT2D eigenvalue weighted by molar-refractivity contribution is 9.10. The minimum Gasteiger partial charge on any atom is -0.447 e. The van der Waals surface area contributed by atoms with Gasteiger partial charge in [0.2, 0.25) is 0 Å². The van der Waals surface area contributed by atoms with Crippen LogP contribution in [0.25, 0.3) is 0 Å². The van der Waals surface area contributed by atoms with E-state index < -0.39 is 0 Å². The molecule has 3 aromatic rings. The van der Waals surface area contributed by atoms with Crippen molar-refractivity contribution in [3.8, 4) is 0 Å². The summed E-state index contributed by atoms with van der Waals surface area (Å²) in [5, 5.41) is 1.45. The van der Waals surface area contributed by atoms with Gasteiger partial charge in [0.25, 0.3) is 0 Å². The van der Waals surface area contributed by atoms with E-state index in [0.29, 0.717) is 16.3 Å². The zero-order chi connectivity index (χ0) is 17.8. The molecule has 0 atom stereocenters. The number of hydrogen-bond donors (Lipinski definition) is 0. The second kappa shape index (κ2) is 8.04. The molecule has 0 fully saturated rings. The van der Waals surface area contributed by atoms with Gasteiger partial charge in [0.1, 0.15) is 5.76 Å². The van der Waals surface area contributed by atoms with Gasteiger partial charge in [-0.25, -0.2) is 0 Å². The third-order valence-corrected chi connectivity index (χ3v) is 5.41. The predicted molar refractivity (Wildman–Crippen MR) is 106 cm³/mol. The van der Waals surface area contributed by atoms with Crippen molar-refractivity contribution >= 4 is 57.0 Å². The van der Waals surface area contributed by atoms with E-state index >= 15 is 0 Å². The first-order valence-corrected chi connectivity index (χ1v) is 9.38. The molecule has 0 spiro atoms. The van der Waals surface area contributed by atoms with E-state index in [1.165, 1.54) is 11.8 Å². The first-order chi connectivity index (χ1) is 12.0. The minimum atomic E-state index is 0.0364. The topological polar surface area (TPSA) is 42.6 Å². The van der Waals surface area contributed by atoms with Crippen molar-refractivity contribution in [2.24, 2.45) is 4.99 Å². The van der Waals surface area contributed by atoms with Crippen LogP contribution in [0.3, 0.4) is 0 Å². The molecule has 0 amide bonds. The van der Waals surface area contributed by atoms with Gasteiger partial charge in [-0.2, -0.15) is 0 Å². The number of Topliss-reactive ketones (excluding diaryl/α,β-unsaturated/α-hetero) is 1. The van der Waals surface area contributed by atoms with E-state index in [0.717, 1.165) is 20.1 Å². The van der Waals surface area contributed by atoms with Crippen molar-refractivity contribution in [3.05, 3.63) is 75.4 Å². The van der Waals surface area contributed by atoms with Crippen LogP contribution in [0.5, 0.6) is 0 Å². The van der Waals surface area contributed by atoms with Crippen molar-refractivity contribution in [1.82, 2.24) is 0 Å². The average molecular weight is 435 g/mol. The Kier molecular flexibility index (Phi) is 5.78. The molecule has 25 heavy (non-hydrogen) atoms. The number of ketones is 1. The summed E-state index contributed by atoms with van der Waals surface area (Å²) < 4.78 is 6.67. The standard InChI is InChI=1S/C19H13BrClNO2S/c1-12(23)13-2-6-15(7-3-13)22-11-16-10-18(20)19(24-16)25-17-8-4-14(21)5-9-17/h2-11H,1H3. The lowest BCUT2D eigenvalue weighted by Gasteiger charge is -1.98. The predicted octanol–water partition coefficient (Wildman–Crippen LogP) is 6.80. The molecule has 0 radical (unpaired) electrons. The Morgan fingerprint density at radius 1 is 1.16 bits per heavy atom. The summed E-state index contributed by atoms with van der Waals surface area (Å²) in [6.45, 7) is 1.54. The Labute approximate surface area is 163 Å². The Morgan fingerprint density at radius 3 is 2.48 bits per heavy atom. The number of carbonyl (C=O) groups excluding carboxylic acids is 1. The molecule has 1 aromatic heterocycles. The van der Waals surface area contributed by atoms with Gasteiger partial charge in [0.05, 0.1) is 16.4 Å². The van der Waals surface area contributed by atoms with Crippen LogP contribution in [0.2, 0.25) is 5.02 Å². The second-order valence-corrected chi connectivity index (χ2v) is 7.54. The van der Waals surface area contributed by atoms with Gasteiger partial charge in [-0.3, -0.25) is 9.79 Å². The van der Waals surface area contributed by atoms with E-state index in [4.69, 9.17) is 16.0 Å². The monoisotopic (exact) mass is 433 g/mol. The van der Waals surface area contributed by atoms with Crippen molar-refractivity contribution in [2.75, 3.05) is 0 Å². The minimum absolute atomic E-state index is 0.0364. The molecule has 3 rings (SSSR count). The highest BCUT2D eigenvalue weighted by atomic mass is 79.9. The Hall–Kier alpha value is -1.82. The smallest absolute Gasteiger partial charge is 0.179 e. The van der Waals surface area contributed by atoms with Crippen LogP contribution < -0.4 is 0 Å². The molecule has 126 valence electrons. The van der Waals surface area contributed by atoms with Crippen LogP contribution in [0, 0.1) is 0 Å². The van der Waals surface area contributed by atoms with Crippen molar-refractivity contribution in [1.29, 1.82) is 0 Å². The van der Waals surface area contributed by atoms with Gasteiger partial charge >= 0.3 is 0 Å². The number of hydrogen-bond acceptors (Lipinski definition) is 4. The quantitative estimate of drug-likeness (QED) is 0.327. The summed E-state index contributed by atoms with van der Waals surface area (Å²) in [5.74, 6) is 0.674. The van der Waals surface area contributed by atoms with Gasteiger partial charge in [-0.1, -0.05) is 23.4 Å². The molecule has 0 bridgehead atoms. The summed E-state index contributed by atoms with van der Waals surface area (Å²) in [7, 11) is 0. The largest absolute Gasteiger partial charge is 0.447 e. The first-order valence-electron chi connectivity index (χ1n) is 7.39. The maximum absolute atomic E-state index is 11.3. The molecule has 0 N–H and O–H groups in total. The number of rotatable bonds is 5. The molecule has 6 heteroatoms. The lowest BCUT2D eigenvalue weighted by molar-refractivity contribution is 0.101. The number of carbonyl (C=O) groups is 1. The highest BCUT2D eigenvalue weighted by Crippen LogP contribution is 2.36. The van der Waals surface area contributed by atoms with E-state index in [9.17, 15) is 4.79 Å². The Bertz CT molecular complexity index is 918. The average Bonchev–Trinajstić information content (AvgIpc) is 2.95. The van der Waals surface area contributed by atoms with Crippen LogP contribution in [0.15, 0.2) is 78.5 Å². The fourth-order valence-electron chi connectivity index (χ4n) is 2.03. The van der Waals surface area contributed by atoms with E-state index in [1.807, 2.05) is 30.3 Å². The zero-order valence-electron chi connectivity index (χ0n) is 13.2. The van der Waals surface area contributed by atoms with E-state index in [1.54, 1.807) is 37.4 Å². The van der Waals surface area contributed by atoms with Crippen molar-refractivity contribution in [3.63, 3.8) is 0 Å². The fraction of sp³-hybridized carbons (Fsp3) is 0.0526. The molecule has 0 unspecified atom stereocenters. The van der Waals surface area contributed by atoms with Gasteiger partial charge in [-0.05, 0) is 71.4 Å². The normalized spacial score (nSPS) is 11.2. The second-order valence-electron chi connectivity index (χ2n) is 5.20. The summed E-state index contributed by atoms with van der Waals surface area (Å²) >= 11 is 10.9. The molecule has 0 saturated heterocycles. The fourth-order valence-corrected chi connectivity index (χ4v) is 3.49. The lowest BCUT2D eigenvalue weighted by Crippen LogP contribution is -1.89. The summed E-state index contributed by atoms with van der Waals surface area (Å²) in [6.07, 6.45) is 1.65. The summed E-state index contributed by atoms with van der Waals surface area (Å²) in [6, 6.07) is 16.5. The summed E-state index contributed by atoms with van der Waals surface area (Å²) in [4.78, 5) is 16.7. The maximum atomic E-state index is 11.3. The third-order valence-electron chi connectivity index (χ3n) is 3.31. The molecule has 0 saturated carbocycles. The van der Waals surface area contributed by atoms with Crippen molar-refractivity contribution < 1.29 is 9.21 Å². The Morgan fingerprint density at radius 2 is 1.84 bits per heavy atom. The van der Waals surface area contributed by atoms with Crippen molar-refractivity contribution in [2.45, 2.75) is 16.9 Å². The van der Waals surface area contributed by atoms with Crippen LogP contribution in [0.4, 0.5) is 5.69 Å². The molecule has 3 nitrogen and oxygen atoms in total. The third kappa shape index (κ3) is 4.84. The number of halogens is 2.